The van der Waals surface area contributed by atoms with Gasteiger partial charge in [0.25, 0.3) is 5.91 Å². The fourth-order valence-electron chi connectivity index (χ4n) is 2.48. The molecule has 0 unspecified atom stereocenters. The summed E-state index contributed by atoms with van der Waals surface area (Å²) in [6.45, 7) is 2.43. The molecule has 0 atom stereocenters. The lowest BCUT2D eigenvalue weighted by molar-refractivity contribution is 0.0947. The Bertz CT molecular complexity index is 1020. The van der Waals surface area contributed by atoms with E-state index in [4.69, 9.17) is 32.4 Å². The molecule has 0 spiro atoms. The first kappa shape index (κ1) is 18.3. The van der Waals surface area contributed by atoms with Crippen LogP contribution in [-0.4, -0.2) is 12.5 Å². The molecule has 5 nitrogen and oxygen atoms in total. The number of fused-ring (bicyclic) bond motifs is 1. The largest absolute Gasteiger partial charge is 0.490 e. The minimum atomic E-state index is -0.776. The molecule has 3 aromatic rings. The van der Waals surface area contributed by atoms with E-state index in [2.05, 4.69) is 5.32 Å². The van der Waals surface area contributed by atoms with Crippen LogP contribution in [0, 0.1) is 0 Å². The second-order valence-corrected chi connectivity index (χ2v) is 6.25. The van der Waals surface area contributed by atoms with Crippen molar-refractivity contribution in [3.63, 3.8) is 0 Å². The first-order valence-corrected chi connectivity index (χ1v) is 8.67. The molecule has 0 saturated heterocycles. The average molecular weight is 392 g/mol. The standard InChI is InChI=1S/C19H15Cl2NO4/c1-2-25-15-9-14(20)16(21)12-8-13(19(24)26-17(12)15)18(23)22-10-11-6-4-3-5-7-11/h3-9H,2,10H2,1H3,(H,22,23). The van der Waals surface area contributed by atoms with E-state index in [1.807, 2.05) is 30.3 Å². The summed E-state index contributed by atoms with van der Waals surface area (Å²) in [7, 11) is 0. The molecule has 0 fully saturated rings. The monoisotopic (exact) mass is 391 g/mol. The molecule has 1 heterocycles. The Balaban J connectivity index is 1.98. The van der Waals surface area contributed by atoms with Gasteiger partial charge in [0.2, 0.25) is 0 Å². The molecular weight excluding hydrogens is 377 g/mol. The Morgan fingerprint density at radius 2 is 1.92 bits per heavy atom. The van der Waals surface area contributed by atoms with E-state index in [1.54, 1.807) is 6.92 Å². The minimum Gasteiger partial charge on any atom is -0.490 e. The van der Waals surface area contributed by atoms with Gasteiger partial charge in [0.1, 0.15) is 5.56 Å². The molecule has 1 amide bonds. The van der Waals surface area contributed by atoms with Crippen molar-refractivity contribution in [3.8, 4) is 5.75 Å². The number of carbonyl (C=O) groups excluding carboxylic acids is 1. The second-order valence-electron chi connectivity index (χ2n) is 5.46. The van der Waals surface area contributed by atoms with Crippen LogP contribution in [0.4, 0.5) is 0 Å². The van der Waals surface area contributed by atoms with Crippen LogP contribution in [-0.2, 0) is 6.54 Å². The van der Waals surface area contributed by atoms with E-state index in [-0.39, 0.29) is 27.7 Å². The lowest BCUT2D eigenvalue weighted by Crippen LogP contribution is -2.27. The molecule has 134 valence electrons. The van der Waals surface area contributed by atoms with Crippen molar-refractivity contribution >= 4 is 40.1 Å². The third-order valence-electron chi connectivity index (χ3n) is 3.72. The van der Waals surface area contributed by atoms with Gasteiger partial charge < -0.3 is 14.5 Å². The smallest absolute Gasteiger partial charge is 0.349 e. The Morgan fingerprint density at radius 3 is 2.62 bits per heavy atom. The van der Waals surface area contributed by atoms with Gasteiger partial charge in [-0.2, -0.15) is 0 Å². The third kappa shape index (κ3) is 3.69. The van der Waals surface area contributed by atoms with Gasteiger partial charge in [-0.05, 0) is 18.6 Å². The molecule has 1 aromatic heterocycles. The van der Waals surface area contributed by atoms with Gasteiger partial charge in [-0.25, -0.2) is 4.79 Å². The Morgan fingerprint density at radius 1 is 1.19 bits per heavy atom. The van der Waals surface area contributed by atoms with Crippen molar-refractivity contribution in [2.45, 2.75) is 13.5 Å². The van der Waals surface area contributed by atoms with Crippen molar-refractivity contribution < 1.29 is 13.9 Å². The fourth-order valence-corrected chi connectivity index (χ4v) is 2.88. The van der Waals surface area contributed by atoms with Crippen LogP contribution in [0.2, 0.25) is 10.0 Å². The van der Waals surface area contributed by atoms with E-state index >= 15 is 0 Å². The van der Waals surface area contributed by atoms with Gasteiger partial charge in [-0.1, -0.05) is 53.5 Å². The molecular formula is C19H15Cl2NO4. The quantitative estimate of drug-likeness (QED) is 0.653. The van der Waals surface area contributed by atoms with E-state index in [9.17, 15) is 9.59 Å². The highest BCUT2D eigenvalue weighted by molar-refractivity contribution is 6.45. The first-order chi connectivity index (χ1) is 12.5. The third-order valence-corrected chi connectivity index (χ3v) is 4.52. The maximum absolute atomic E-state index is 12.4. The predicted octanol–water partition coefficient (Wildman–Crippen LogP) is 4.43. The maximum Gasteiger partial charge on any atom is 0.349 e. The molecule has 2 aromatic carbocycles. The number of benzene rings is 2. The maximum atomic E-state index is 12.4. The molecule has 0 bridgehead atoms. The van der Waals surface area contributed by atoms with Gasteiger partial charge in [0, 0.05) is 18.0 Å². The summed E-state index contributed by atoms with van der Waals surface area (Å²) in [6.07, 6.45) is 0. The number of ether oxygens (including phenoxy) is 1. The lowest BCUT2D eigenvalue weighted by Gasteiger charge is -2.10. The molecule has 0 aliphatic heterocycles. The molecule has 0 aliphatic carbocycles. The van der Waals surface area contributed by atoms with Crippen LogP contribution in [0.3, 0.4) is 0 Å². The first-order valence-electron chi connectivity index (χ1n) is 7.92. The number of nitrogens with one attached hydrogen (secondary N) is 1. The van der Waals surface area contributed by atoms with E-state index in [1.165, 1.54) is 12.1 Å². The highest BCUT2D eigenvalue weighted by Crippen LogP contribution is 2.37. The Kier molecular flexibility index (Phi) is 5.49. The highest BCUT2D eigenvalue weighted by Gasteiger charge is 2.19. The van der Waals surface area contributed by atoms with Crippen LogP contribution >= 0.6 is 23.2 Å². The zero-order valence-corrected chi connectivity index (χ0v) is 15.4. The van der Waals surface area contributed by atoms with Crippen LogP contribution < -0.4 is 15.7 Å². The van der Waals surface area contributed by atoms with Gasteiger partial charge in [0.15, 0.2) is 11.3 Å². The number of hydrogen-bond donors (Lipinski definition) is 1. The average Bonchev–Trinajstić information content (AvgIpc) is 2.64. The Hall–Kier alpha value is -2.50. The SMILES string of the molecule is CCOc1cc(Cl)c(Cl)c2cc(C(=O)NCc3ccccc3)c(=O)oc12. The van der Waals surface area contributed by atoms with Crippen molar-refractivity contribution in [1.29, 1.82) is 0 Å². The summed E-state index contributed by atoms with van der Waals surface area (Å²) >= 11 is 12.3. The van der Waals surface area contributed by atoms with Gasteiger partial charge in [-0.15, -0.1) is 0 Å². The van der Waals surface area contributed by atoms with E-state index < -0.39 is 11.5 Å². The Labute approximate surface area is 159 Å². The van der Waals surface area contributed by atoms with Crippen LogP contribution in [0.1, 0.15) is 22.8 Å². The van der Waals surface area contributed by atoms with Crippen LogP contribution in [0.25, 0.3) is 11.0 Å². The number of amides is 1. The number of carbonyl (C=O) groups is 1. The second kappa shape index (κ2) is 7.81. The highest BCUT2D eigenvalue weighted by atomic mass is 35.5. The summed E-state index contributed by atoms with van der Waals surface area (Å²) < 4.78 is 10.7. The number of halogens is 2. The summed E-state index contributed by atoms with van der Waals surface area (Å²) in [6, 6.07) is 12.2. The molecule has 26 heavy (non-hydrogen) atoms. The summed E-state index contributed by atoms with van der Waals surface area (Å²) in [5.74, 6) is -0.260. The topological polar surface area (TPSA) is 68.5 Å². The molecule has 0 aliphatic rings. The van der Waals surface area contributed by atoms with Crippen LogP contribution in [0.5, 0.6) is 5.75 Å². The summed E-state index contributed by atoms with van der Waals surface area (Å²) in [5, 5.41) is 3.46. The van der Waals surface area contributed by atoms with Crippen molar-refractivity contribution in [2.24, 2.45) is 0 Å². The molecule has 3 rings (SSSR count). The molecule has 1 N–H and O–H groups in total. The van der Waals surface area contributed by atoms with E-state index in [0.717, 1.165) is 5.56 Å². The minimum absolute atomic E-state index is 0.153. The van der Waals surface area contributed by atoms with Crippen LogP contribution in [0.15, 0.2) is 51.7 Å². The zero-order chi connectivity index (χ0) is 18.7. The van der Waals surface area contributed by atoms with Crippen molar-refractivity contribution in [1.82, 2.24) is 5.32 Å². The van der Waals surface area contributed by atoms with E-state index in [0.29, 0.717) is 17.7 Å². The number of hydrogen-bond acceptors (Lipinski definition) is 4. The van der Waals surface area contributed by atoms with Gasteiger partial charge in [0.05, 0.1) is 16.7 Å². The lowest BCUT2D eigenvalue weighted by atomic mass is 10.1. The van der Waals surface area contributed by atoms with Gasteiger partial charge in [-0.3, -0.25) is 4.79 Å². The van der Waals surface area contributed by atoms with Gasteiger partial charge >= 0.3 is 5.63 Å². The fraction of sp³-hybridized carbons (Fsp3) is 0.158. The molecule has 0 saturated carbocycles. The zero-order valence-electron chi connectivity index (χ0n) is 13.8. The normalized spacial score (nSPS) is 10.7. The molecule has 7 heteroatoms. The number of rotatable bonds is 5. The van der Waals surface area contributed by atoms with Crippen molar-refractivity contribution in [3.05, 3.63) is 74.1 Å². The summed E-state index contributed by atoms with van der Waals surface area (Å²) in [5.41, 5.74) is 0.138. The summed E-state index contributed by atoms with van der Waals surface area (Å²) in [4.78, 5) is 24.7. The molecule has 0 radical (unpaired) electrons. The van der Waals surface area contributed by atoms with Crippen molar-refractivity contribution in [2.75, 3.05) is 6.61 Å². The predicted molar refractivity (Wildman–Crippen MR) is 101 cm³/mol.